The number of benzene rings is 1. The average molecular weight is 382 g/mol. The van der Waals surface area contributed by atoms with E-state index in [2.05, 4.69) is 47.2 Å². The third-order valence-corrected chi connectivity index (χ3v) is 5.07. The van der Waals surface area contributed by atoms with Gasteiger partial charge in [-0.2, -0.15) is 0 Å². The SMILES string of the molecule is CC(C)c1ccc(OCC(=O)NC2CCCCCCC2)c(Br)c1. The van der Waals surface area contributed by atoms with Crippen molar-refractivity contribution >= 4 is 21.8 Å². The number of nitrogens with one attached hydrogen (secondary N) is 1. The van der Waals surface area contributed by atoms with Gasteiger partial charge in [0.25, 0.3) is 5.91 Å². The van der Waals surface area contributed by atoms with E-state index in [0.29, 0.717) is 12.0 Å². The topological polar surface area (TPSA) is 38.3 Å². The minimum absolute atomic E-state index is 0.0181. The molecule has 3 nitrogen and oxygen atoms in total. The lowest BCUT2D eigenvalue weighted by atomic mass is 9.97. The Morgan fingerprint density at radius 1 is 1.22 bits per heavy atom. The van der Waals surface area contributed by atoms with E-state index in [4.69, 9.17) is 4.74 Å². The maximum atomic E-state index is 12.1. The fraction of sp³-hybridized carbons (Fsp3) is 0.632. The molecule has 0 aromatic heterocycles. The highest BCUT2D eigenvalue weighted by Crippen LogP contribution is 2.28. The first-order chi connectivity index (χ1) is 11.1. The second-order valence-corrected chi connectivity index (χ2v) is 7.60. The van der Waals surface area contributed by atoms with Crippen LogP contribution in [0.4, 0.5) is 0 Å². The van der Waals surface area contributed by atoms with Crippen molar-refractivity contribution in [3.63, 3.8) is 0 Å². The van der Waals surface area contributed by atoms with E-state index in [-0.39, 0.29) is 12.5 Å². The Labute approximate surface area is 148 Å². The molecule has 0 bridgehead atoms. The van der Waals surface area contributed by atoms with Gasteiger partial charge in [-0.3, -0.25) is 4.79 Å². The Morgan fingerprint density at radius 2 is 1.87 bits per heavy atom. The maximum absolute atomic E-state index is 12.1. The highest BCUT2D eigenvalue weighted by atomic mass is 79.9. The fourth-order valence-corrected chi connectivity index (χ4v) is 3.52. The van der Waals surface area contributed by atoms with Gasteiger partial charge in [0.05, 0.1) is 4.47 Å². The quantitative estimate of drug-likeness (QED) is 0.762. The molecule has 0 aliphatic heterocycles. The van der Waals surface area contributed by atoms with Crippen LogP contribution in [0.25, 0.3) is 0 Å². The lowest BCUT2D eigenvalue weighted by Gasteiger charge is -2.21. The number of carbonyl (C=O) groups is 1. The van der Waals surface area contributed by atoms with Gasteiger partial charge in [0.2, 0.25) is 0 Å². The predicted molar refractivity (Wildman–Crippen MR) is 98.0 cm³/mol. The van der Waals surface area contributed by atoms with Crippen molar-refractivity contribution < 1.29 is 9.53 Å². The number of hydrogen-bond donors (Lipinski definition) is 1. The third kappa shape index (κ3) is 6.17. The van der Waals surface area contributed by atoms with Gasteiger partial charge in [-0.25, -0.2) is 0 Å². The molecule has 0 spiro atoms. The van der Waals surface area contributed by atoms with Gasteiger partial charge in [-0.15, -0.1) is 0 Å². The van der Waals surface area contributed by atoms with Gasteiger partial charge in [-0.1, -0.05) is 52.0 Å². The van der Waals surface area contributed by atoms with Crippen molar-refractivity contribution in [3.8, 4) is 5.75 Å². The predicted octanol–water partition coefficient (Wildman–Crippen LogP) is 5.18. The minimum Gasteiger partial charge on any atom is -0.483 e. The van der Waals surface area contributed by atoms with E-state index in [9.17, 15) is 4.79 Å². The zero-order valence-electron chi connectivity index (χ0n) is 14.2. The molecule has 128 valence electrons. The van der Waals surface area contributed by atoms with Gasteiger partial charge >= 0.3 is 0 Å². The van der Waals surface area contributed by atoms with Crippen molar-refractivity contribution in [1.29, 1.82) is 0 Å². The zero-order chi connectivity index (χ0) is 16.7. The number of carbonyl (C=O) groups excluding carboxylic acids is 1. The Balaban J connectivity index is 1.81. The third-order valence-electron chi connectivity index (χ3n) is 4.45. The largest absolute Gasteiger partial charge is 0.483 e. The average Bonchev–Trinajstić information content (AvgIpc) is 2.48. The van der Waals surface area contributed by atoms with Crippen LogP contribution in [0.1, 0.15) is 70.3 Å². The molecule has 0 unspecified atom stereocenters. The van der Waals surface area contributed by atoms with Crippen LogP contribution >= 0.6 is 15.9 Å². The summed E-state index contributed by atoms with van der Waals surface area (Å²) >= 11 is 3.53. The summed E-state index contributed by atoms with van der Waals surface area (Å²) < 4.78 is 6.58. The lowest BCUT2D eigenvalue weighted by Crippen LogP contribution is -2.38. The van der Waals surface area contributed by atoms with E-state index in [1.807, 2.05) is 6.07 Å². The van der Waals surface area contributed by atoms with Gasteiger partial charge in [0, 0.05) is 6.04 Å². The summed E-state index contributed by atoms with van der Waals surface area (Å²) in [5, 5.41) is 3.13. The molecule has 1 aromatic rings. The van der Waals surface area contributed by atoms with E-state index < -0.39 is 0 Å². The summed E-state index contributed by atoms with van der Waals surface area (Å²) in [7, 11) is 0. The second kappa shape index (κ2) is 9.31. The van der Waals surface area contributed by atoms with Crippen LogP contribution < -0.4 is 10.1 Å². The molecule has 2 rings (SSSR count). The lowest BCUT2D eigenvalue weighted by molar-refractivity contribution is -0.123. The van der Waals surface area contributed by atoms with E-state index in [0.717, 1.165) is 23.1 Å². The molecule has 4 heteroatoms. The first-order valence-electron chi connectivity index (χ1n) is 8.78. The highest BCUT2D eigenvalue weighted by Gasteiger charge is 2.15. The van der Waals surface area contributed by atoms with Crippen molar-refractivity contribution in [3.05, 3.63) is 28.2 Å². The summed E-state index contributed by atoms with van der Waals surface area (Å²) in [5.74, 6) is 1.18. The van der Waals surface area contributed by atoms with Crippen LogP contribution in [-0.2, 0) is 4.79 Å². The Hall–Kier alpha value is -1.03. The van der Waals surface area contributed by atoms with Crippen molar-refractivity contribution in [1.82, 2.24) is 5.32 Å². The molecule has 0 radical (unpaired) electrons. The minimum atomic E-state index is -0.0181. The van der Waals surface area contributed by atoms with Gasteiger partial charge in [-0.05, 0) is 52.4 Å². The molecule has 1 aromatic carbocycles. The van der Waals surface area contributed by atoms with Crippen LogP contribution in [0.15, 0.2) is 22.7 Å². The Kier molecular flexibility index (Phi) is 7.41. The van der Waals surface area contributed by atoms with E-state index in [1.54, 1.807) is 0 Å². The number of halogens is 1. The normalized spacial score (nSPS) is 16.7. The molecular weight excluding hydrogens is 354 g/mol. The molecular formula is C19H28BrNO2. The molecule has 1 saturated carbocycles. The first-order valence-corrected chi connectivity index (χ1v) is 9.57. The molecule has 1 aliphatic rings. The number of rotatable bonds is 5. The fourth-order valence-electron chi connectivity index (χ4n) is 3.01. The Morgan fingerprint density at radius 3 is 2.48 bits per heavy atom. The van der Waals surface area contributed by atoms with Crippen LogP contribution in [0.2, 0.25) is 0 Å². The van der Waals surface area contributed by atoms with Crippen LogP contribution in [0.5, 0.6) is 5.75 Å². The zero-order valence-corrected chi connectivity index (χ0v) is 15.8. The number of hydrogen-bond acceptors (Lipinski definition) is 2. The van der Waals surface area contributed by atoms with Gasteiger partial charge in [0.15, 0.2) is 6.61 Å². The summed E-state index contributed by atoms with van der Waals surface area (Å²) in [4.78, 5) is 12.1. The van der Waals surface area contributed by atoms with Gasteiger partial charge in [0.1, 0.15) is 5.75 Å². The highest BCUT2D eigenvalue weighted by molar-refractivity contribution is 9.10. The first kappa shape index (κ1) is 18.3. The summed E-state index contributed by atoms with van der Waals surface area (Å²) in [6.45, 7) is 4.39. The van der Waals surface area contributed by atoms with Crippen LogP contribution in [0, 0.1) is 0 Å². The van der Waals surface area contributed by atoms with Crippen molar-refractivity contribution in [2.24, 2.45) is 0 Å². The molecule has 1 fully saturated rings. The molecule has 0 atom stereocenters. The molecule has 23 heavy (non-hydrogen) atoms. The van der Waals surface area contributed by atoms with Crippen molar-refractivity contribution in [2.45, 2.75) is 70.8 Å². The Bertz CT molecular complexity index is 508. The van der Waals surface area contributed by atoms with E-state index in [1.165, 1.54) is 37.7 Å². The standard InChI is InChI=1S/C19H28BrNO2/c1-14(2)15-10-11-18(17(20)12-15)23-13-19(22)21-16-8-6-4-3-5-7-9-16/h10-12,14,16H,3-9,13H2,1-2H3,(H,21,22). The summed E-state index contributed by atoms with van der Waals surface area (Å²) in [6, 6.07) is 6.37. The van der Waals surface area contributed by atoms with E-state index >= 15 is 0 Å². The van der Waals surface area contributed by atoms with Crippen LogP contribution in [-0.4, -0.2) is 18.6 Å². The summed E-state index contributed by atoms with van der Waals surface area (Å²) in [5.41, 5.74) is 1.25. The van der Waals surface area contributed by atoms with Crippen molar-refractivity contribution in [2.75, 3.05) is 6.61 Å². The van der Waals surface area contributed by atoms with Gasteiger partial charge < -0.3 is 10.1 Å². The second-order valence-electron chi connectivity index (χ2n) is 6.74. The monoisotopic (exact) mass is 381 g/mol. The van der Waals surface area contributed by atoms with Crippen LogP contribution in [0.3, 0.4) is 0 Å². The summed E-state index contributed by atoms with van der Waals surface area (Å²) in [6.07, 6.45) is 8.54. The molecule has 0 saturated heterocycles. The maximum Gasteiger partial charge on any atom is 0.258 e. The molecule has 0 heterocycles. The smallest absolute Gasteiger partial charge is 0.258 e. The number of amides is 1. The molecule has 1 aliphatic carbocycles. The molecule has 1 amide bonds. The number of ether oxygens (including phenoxy) is 1. The molecule has 1 N–H and O–H groups in total.